The van der Waals surface area contributed by atoms with Gasteiger partial charge in [0.1, 0.15) is 0 Å². The molecule has 1 aromatic carbocycles. The number of benzene rings is 1. The zero-order valence-corrected chi connectivity index (χ0v) is 13.0. The Morgan fingerprint density at radius 1 is 1.32 bits per heavy atom. The molecule has 1 amide bonds. The second-order valence-corrected chi connectivity index (χ2v) is 5.82. The molecule has 19 heavy (non-hydrogen) atoms. The van der Waals surface area contributed by atoms with Crippen LogP contribution in [0.1, 0.15) is 45.1 Å². The number of amides is 1. The van der Waals surface area contributed by atoms with E-state index in [2.05, 4.69) is 31.7 Å². The maximum atomic E-state index is 8.58. The van der Waals surface area contributed by atoms with Crippen LogP contribution in [-0.2, 0) is 10.2 Å². The molecule has 2 rings (SSSR count). The van der Waals surface area contributed by atoms with Gasteiger partial charge in [0, 0.05) is 10.0 Å². The molecule has 1 fully saturated rings. The molecule has 2 unspecified atom stereocenters. The second-order valence-electron chi connectivity index (χ2n) is 4.95. The Kier molecular flexibility index (Phi) is 6.15. The average molecular weight is 302 g/mol. The van der Waals surface area contributed by atoms with E-state index in [0.29, 0.717) is 5.41 Å². The van der Waals surface area contributed by atoms with E-state index in [9.17, 15) is 0 Å². The molecule has 2 atom stereocenters. The Labute approximate surface area is 125 Å². The fourth-order valence-electron chi connectivity index (χ4n) is 3.18. The molecule has 0 heterocycles. The van der Waals surface area contributed by atoms with Gasteiger partial charge in [-0.25, -0.2) is 0 Å². The third-order valence-corrected chi connectivity index (χ3v) is 4.72. The van der Waals surface area contributed by atoms with Crippen LogP contribution >= 0.6 is 23.2 Å². The summed E-state index contributed by atoms with van der Waals surface area (Å²) in [5.41, 5.74) is 5.84. The first-order valence-electron chi connectivity index (χ1n) is 6.66. The molecule has 0 saturated heterocycles. The fourth-order valence-corrected chi connectivity index (χ4v) is 3.71. The van der Waals surface area contributed by atoms with Crippen molar-refractivity contribution in [2.45, 2.75) is 44.9 Å². The summed E-state index contributed by atoms with van der Waals surface area (Å²) in [5, 5.41) is 1.52. The first-order chi connectivity index (χ1) is 9.03. The maximum Gasteiger partial charge on any atom is 0.204 e. The van der Waals surface area contributed by atoms with Crippen molar-refractivity contribution in [3.63, 3.8) is 0 Å². The highest BCUT2D eigenvalue weighted by Gasteiger charge is 2.45. The van der Waals surface area contributed by atoms with Gasteiger partial charge in [0.15, 0.2) is 0 Å². The molecule has 1 aliphatic rings. The van der Waals surface area contributed by atoms with Crippen molar-refractivity contribution < 1.29 is 4.79 Å². The van der Waals surface area contributed by atoms with Crippen molar-refractivity contribution in [2.75, 3.05) is 0 Å². The highest BCUT2D eigenvalue weighted by atomic mass is 35.5. The number of carbonyl (C=O) groups is 1. The van der Waals surface area contributed by atoms with Gasteiger partial charge in [-0.2, -0.15) is 0 Å². The minimum Gasteiger partial charge on any atom is -0.372 e. The molecular formula is C15H21Cl2NO. The summed E-state index contributed by atoms with van der Waals surface area (Å²) >= 11 is 12.2. The minimum atomic E-state index is 0.250. The van der Waals surface area contributed by atoms with E-state index in [-0.39, 0.29) is 6.41 Å². The molecular weight excluding hydrogens is 281 g/mol. The van der Waals surface area contributed by atoms with Crippen LogP contribution in [0.15, 0.2) is 18.2 Å². The smallest absolute Gasteiger partial charge is 0.204 e. The number of halogens is 2. The Morgan fingerprint density at radius 3 is 2.16 bits per heavy atom. The first-order valence-corrected chi connectivity index (χ1v) is 7.41. The lowest BCUT2D eigenvalue weighted by Crippen LogP contribution is -2.43. The standard InChI is InChI=1S/C14H18Cl2.CH3NO/c1-3-10-5-6-14(10,4-2)11-7-12(15)9-13(16)8-11;2-1-3/h7-10H,3-6H2,1-2H3;1H,(H2,2,3). The van der Waals surface area contributed by atoms with E-state index in [4.69, 9.17) is 28.0 Å². The molecule has 0 radical (unpaired) electrons. The van der Waals surface area contributed by atoms with Gasteiger partial charge < -0.3 is 5.73 Å². The van der Waals surface area contributed by atoms with Crippen molar-refractivity contribution in [3.05, 3.63) is 33.8 Å². The molecule has 1 aromatic rings. The van der Waals surface area contributed by atoms with Crippen LogP contribution in [0.25, 0.3) is 0 Å². The molecule has 0 spiro atoms. The van der Waals surface area contributed by atoms with E-state index in [0.717, 1.165) is 16.0 Å². The summed E-state index contributed by atoms with van der Waals surface area (Å²) in [6, 6.07) is 6.01. The van der Waals surface area contributed by atoms with Gasteiger partial charge in [-0.15, -0.1) is 0 Å². The normalized spacial score (nSPS) is 24.9. The van der Waals surface area contributed by atoms with E-state index in [1.807, 2.05) is 6.07 Å². The maximum absolute atomic E-state index is 8.58. The van der Waals surface area contributed by atoms with E-state index in [1.54, 1.807) is 0 Å². The van der Waals surface area contributed by atoms with Crippen molar-refractivity contribution in [1.29, 1.82) is 0 Å². The van der Waals surface area contributed by atoms with Crippen LogP contribution in [0.2, 0.25) is 10.0 Å². The molecule has 0 bridgehead atoms. The summed E-state index contributed by atoms with van der Waals surface area (Å²) in [4.78, 5) is 8.58. The molecule has 2 nitrogen and oxygen atoms in total. The van der Waals surface area contributed by atoms with Gasteiger partial charge in [0.05, 0.1) is 0 Å². The van der Waals surface area contributed by atoms with Gasteiger partial charge in [0.2, 0.25) is 6.41 Å². The van der Waals surface area contributed by atoms with Crippen LogP contribution in [0, 0.1) is 5.92 Å². The predicted molar refractivity (Wildman–Crippen MR) is 81.7 cm³/mol. The van der Waals surface area contributed by atoms with Gasteiger partial charge >= 0.3 is 0 Å². The highest BCUT2D eigenvalue weighted by molar-refractivity contribution is 6.34. The minimum absolute atomic E-state index is 0.250. The number of primary amides is 1. The van der Waals surface area contributed by atoms with Crippen LogP contribution in [0.5, 0.6) is 0 Å². The van der Waals surface area contributed by atoms with Gasteiger partial charge in [-0.1, -0.05) is 43.5 Å². The second kappa shape index (κ2) is 7.16. The van der Waals surface area contributed by atoms with E-state index < -0.39 is 0 Å². The summed E-state index contributed by atoms with van der Waals surface area (Å²) in [6.45, 7) is 4.55. The third-order valence-electron chi connectivity index (χ3n) is 4.28. The molecule has 1 aliphatic carbocycles. The molecule has 0 aromatic heterocycles. The van der Waals surface area contributed by atoms with E-state index >= 15 is 0 Å². The van der Waals surface area contributed by atoms with Crippen LogP contribution in [-0.4, -0.2) is 6.41 Å². The molecule has 106 valence electrons. The lowest BCUT2D eigenvalue weighted by atomic mass is 9.54. The van der Waals surface area contributed by atoms with Gasteiger partial charge in [-0.05, 0) is 54.4 Å². The van der Waals surface area contributed by atoms with E-state index in [1.165, 1.54) is 31.2 Å². The Balaban J connectivity index is 0.000000550. The van der Waals surface area contributed by atoms with Gasteiger partial charge in [0.25, 0.3) is 0 Å². The number of hydrogen-bond donors (Lipinski definition) is 1. The third kappa shape index (κ3) is 3.43. The number of nitrogens with two attached hydrogens (primary N) is 1. The fraction of sp³-hybridized carbons (Fsp3) is 0.533. The SMILES string of the molecule is CCC1CCC1(CC)c1cc(Cl)cc(Cl)c1.NC=O. The highest BCUT2D eigenvalue weighted by Crippen LogP contribution is 2.53. The zero-order chi connectivity index (χ0) is 14.5. The largest absolute Gasteiger partial charge is 0.372 e. The lowest BCUT2D eigenvalue weighted by molar-refractivity contribution is -0.106. The summed E-state index contributed by atoms with van der Waals surface area (Å²) < 4.78 is 0. The Hall–Kier alpha value is -0.730. The number of carbonyl (C=O) groups excluding carboxylic acids is 1. The summed E-state index contributed by atoms with van der Waals surface area (Å²) in [6.07, 6.45) is 5.30. The van der Waals surface area contributed by atoms with Crippen molar-refractivity contribution in [3.8, 4) is 0 Å². The van der Waals surface area contributed by atoms with Crippen molar-refractivity contribution in [1.82, 2.24) is 0 Å². The monoisotopic (exact) mass is 301 g/mol. The lowest BCUT2D eigenvalue weighted by Gasteiger charge is -2.50. The molecule has 4 heteroatoms. The average Bonchev–Trinajstić information content (AvgIpc) is 2.29. The van der Waals surface area contributed by atoms with Crippen molar-refractivity contribution >= 4 is 29.6 Å². The summed E-state index contributed by atoms with van der Waals surface area (Å²) in [5.74, 6) is 0.798. The topological polar surface area (TPSA) is 43.1 Å². The quantitative estimate of drug-likeness (QED) is 0.817. The zero-order valence-electron chi connectivity index (χ0n) is 11.5. The van der Waals surface area contributed by atoms with Crippen LogP contribution in [0.4, 0.5) is 0 Å². The number of hydrogen-bond acceptors (Lipinski definition) is 1. The predicted octanol–water partition coefficient (Wildman–Crippen LogP) is 4.56. The van der Waals surface area contributed by atoms with Crippen molar-refractivity contribution in [2.24, 2.45) is 11.7 Å². The number of rotatable bonds is 3. The van der Waals surface area contributed by atoms with Crippen LogP contribution < -0.4 is 5.73 Å². The first kappa shape index (κ1) is 16.3. The molecule has 1 saturated carbocycles. The molecule has 0 aliphatic heterocycles. The Bertz CT molecular complexity index is 410. The Morgan fingerprint density at radius 2 is 1.84 bits per heavy atom. The summed E-state index contributed by atoms with van der Waals surface area (Å²) in [7, 11) is 0. The van der Waals surface area contributed by atoms with Gasteiger partial charge in [-0.3, -0.25) is 4.79 Å². The van der Waals surface area contributed by atoms with Crippen LogP contribution in [0.3, 0.4) is 0 Å². The molecule has 2 N–H and O–H groups in total.